The van der Waals surface area contributed by atoms with Crippen LogP contribution < -0.4 is 8.55 Å². The van der Waals surface area contributed by atoms with Gasteiger partial charge in [-0.15, -0.1) is 0 Å². The Morgan fingerprint density at radius 3 is 2.25 bits per heavy atom. The van der Waals surface area contributed by atoms with Crippen molar-refractivity contribution in [1.82, 2.24) is 0 Å². The maximum atomic E-state index is 5.55. The molecule has 0 spiro atoms. The van der Waals surface area contributed by atoms with Gasteiger partial charge in [0.1, 0.15) is 0 Å². The number of nitrogens with two attached hydrogens (primary N) is 1. The molecule has 2 heteroatoms. The summed E-state index contributed by atoms with van der Waals surface area (Å²) >= 11 is 1.05. The van der Waals surface area contributed by atoms with Crippen molar-refractivity contribution in [3.63, 3.8) is 0 Å². The van der Waals surface area contributed by atoms with Crippen LogP contribution in [0, 0.1) is 0 Å². The summed E-state index contributed by atoms with van der Waals surface area (Å²) in [5.41, 5.74) is 6.48. The molecule has 0 aliphatic carbocycles. The Balaban J connectivity index is 3.13. The summed E-state index contributed by atoms with van der Waals surface area (Å²) in [6.45, 7) is 0. The van der Waals surface area contributed by atoms with E-state index >= 15 is 0 Å². The predicted molar refractivity (Wildman–Crippen MR) is 36.2 cm³/mol. The van der Waals surface area contributed by atoms with Gasteiger partial charge in [-0.25, -0.2) is 0 Å². The summed E-state index contributed by atoms with van der Waals surface area (Å²) in [4.78, 5) is 0. The fraction of sp³-hybridized carbons (Fsp3) is 0. The first-order valence-corrected chi connectivity index (χ1v) is 3.62. The van der Waals surface area contributed by atoms with Crippen LogP contribution in [0.1, 0.15) is 0 Å². The molecule has 0 aromatic heterocycles. The summed E-state index contributed by atoms with van der Waals surface area (Å²) in [5, 5.41) is 0. The first-order valence-electron chi connectivity index (χ1n) is 2.62. The van der Waals surface area contributed by atoms with Gasteiger partial charge < -0.3 is 0 Å². The molecule has 0 saturated carbocycles. The van der Waals surface area contributed by atoms with Crippen molar-refractivity contribution in [2.45, 2.75) is 0 Å². The molecular formula is C6H6NNa. The zero-order chi connectivity index (χ0) is 5.98. The predicted octanol–water partition coefficient (Wildman–Crippen LogP) is 0.0626. The summed E-state index contributed by atoms with van der Waals surface area (Å²) < 4.78 is 1.28. The van der Waals surface area contributed by atoms with Crippen molar-refractivity contribution >= 4 is 36.4 Å². The van der Waals surface area contributed by atoms with Crippen molar-refractivity contribution in [2.75, 3.05) is 5.73 Å². The Morgan fingerprint density at radius 2 is 1.88 bits per heavy atom. The van der Waals surface area contributed by atoms with Crippen LogP contribution >= 0.6 is 0 Å². The van der Waals surface area contributed by atoms with Crippen molar-refractivity contribution in [3.05, 3.63) is 24.3 Å². The molecule has 0 saturated heterocycles. The van der Waals surface area contributed by atoms with Gasteiger partial charge in [0.15, 0.2) is 0 Å². The Bertz CT molecular complexity index is 165. The van der Waals surface area contributed by atoms with Gasteiger partial charge in [0, 0.05) is 0 Å². The average Bonchev–Trinajstić information content (AvgIpc) is 1.77. The molecule has 1 aromatic rings. The summed E-state index contributed by atoms with van der Waals surface area (Å²) in [7, 11) is 0. The monoisotopic (exact) mass is 115 g/mol. The zero-order valence-electron chi connectivity index (χ0n) is 4.89. The zero-order valence-corrected chi connectivity index (χ0v) is 6.89. The second-order valence-electron chi connectivity index (χ2n) is 1.86. The maximum absolute atomic E-state index is 5.55. The molecule has 36 valence electrons. The Hall–Kier alpha value is 0.0200. The second-order valence-corrected chi connectivity index (χ2v) is 2.93. The van der Waals surface area contributed by atoms with E-state index in [1.165, 1.54) is 2.81 Å². The SMILES string of the molecule is Nc1cccc[c]1[Na]. The van der Waals surface area contributed by atoms with E-state index in [-0.39, 0.29) is 0 Å². The van der Waals surface area contributed by atoms with Crippen LogP contribution in [0.4, 0.5) is 5.69 Å². The number of para-hydroxylation sites is 1. The summed E-state index contributed by atoms with van der Waals surface area (Å²) in [5.74, 6) is 0. The van der Waals surface area contributed by atoms with Crippen LogP contribution in [0.5, 0.6) is 0 Å². The second kappa shape index (κ2) is 2.53. The molecule has 0 amide bonds. The van der Waals surface area contributed by atoms with E-state index in [0.717, 1.165) is 33.6 Å². The molecule has 1 nitrogen and oxygen atoms in total. The average molecular weight is 115 g/mol. The van der Waals surface area contributed by atoms with Crippen LogP contribution in [-0.2, 0) is 0 Å². The van der Waals surface area contributed by atoms with Gasteiger partial charge in [-0.3, -0.25) is 0 Å². The minimum atomic E-state index is 0.930. The molecule has 0 radical (unpaired) electrons. The van der Waals surface area contributed by atoms with E-state index in [2.05, 4.69) is 6.07 Å². The number of rotatable bonds is 0. The van der Waals surface area contributed by atoms with E-state index in [9.17, 15) is 0 Å². The van der Waals surface area contributed by atoms with Gasteiger partial charge in [-0.05, 0) is 0 Å². The van der Waals surface area contributed by atoms with Crippen molar-refractivity contribution < 1.29 is 0 Å². The number of hydrogen-bond acceptors (Lipinski definition) is 1. The summed E-state index contributed by atoms with van der Waals surface area (Å²) in [6.07, 6.45) is 0. The Morgan fingerprint density at radius 1 is 1.25 bits per heavy atom. The minimum absolute atomic E-state index is 0.930. The molecule has 1 rings (SSSR count). The molecule has 0 aliphatic heterocycles. The first kappa shape index (κ1) is 6.14. The van der Waals surface area contributed by atoms with Gasteiger partial charge in [0.25, 0.3) is 0 Å². The van der Waals surface area contributed by atoms with E-state index in [1.54, 1.807) is 0 Å². The van der Waals surface area contributed by atoms with Crippen LogP contribution in [0.25, 0.3) is 0 Å². The number of hydrogen-bond donors (Lipinski definition) is 1. The number of anilines is 1. The number of nitrogen functional groups attached to an aromatic ring is 1. The van der Waals surface area contributed by atoms with Crippen LogP contribution in [0.3, 0.4) is 0 Å². The molecule has 8 heavy (non-hydrogen) atoms. The molecule has 0 aliphatic rings. The Kier molecular flexibility index (Phi) is 1.95. The molecular weight excluding hydrogens is 109 g/mol. The fourth-order valence-electron chi connectivity index (χ4n) is 0.587. The van der Waals surface area contributed by atoms with E-state index in [1.807, 2.05) is 18.2 Å². The topological polar surface area (TPSA) is 26.0 Å². The van der Waals surface area contributed by atoms with Gasteiger partial charge in [-0.2, -0.15) is 0 Å². The molecule has 0 bridgehead atoms. The number of benzene rings is 1. The third-order valence-electron chi connectivity index (χ3n) is 1.19. The molecule has 2 N–H and O–H groups in total. The van der Waals surface area contributed by atoms with E-state index in [0.29, 0.717) is 0 Å². The van der Waals surface area contributed by atoms with Crippen LogP contribution in [0.15, 0.2) is 24.3 Å². The van der Waals surface area contributed by atoms with Crippen LogP contribution in [0.2, 0.25) is 0 Å². The standard InChI is InChI=1S/C6H6N.Na/c7-6-4-2-1-3-5-6;/h1-4H,7H2;. The molecule has 0 unspecified atom stereocenters. The molecule has 1 aromatic carbocycles. The first-order chi connectivity index (χ1) is 3.80. The normalized spacial score (nSPS) is 9.25. The van der Waals surface area contributed by atoms with Crippen molar-refractivity contribution in [2.24, 2.45) is 0 Å². The van der Waals surface area contributed by atoms with E-state index in [4.69, 9.17) is 5.73 Å². The third-order valence-corrected chi connectivity index (χ3v) is 2.10. The van der Waals surface area contributed by atoms with Crippen molar-refractivity contribution in [1.29, 1.82) is 0 Å². The van der Waals surface area contributed by atoms with Gasteiger partial charge >= 0.3 is 66.4 Å². The summed E-state index contributed by atoms with van der Waals surface area (Å²) in [6, 6.07) is 7.96. The van der Waals surface area contributed by atoms with Crippen molar-refractivity contribution in [3.8, 4) is 0 Å². The Labute approximate surface area is 66.3 Å². The molecule has 0 fully saturated rings. The quantitative estimate of drug-likeness (QED) is 0.375. The third kappa shape index (κ3) is 1.25. The van der Waals surface area contributed by atoms with E-state index < -0.39 is 0 Å². The fourth-order valence-corrected chi connectivity index (χ4v) is 0.946. The van der Waals surface area contributed by atoms with Crippen LogP contribution in [-0.4, -0.2) is 27.9 Å². The van der Waals surface area contributed by atoms with Gasteiger partial charge in [-0.1, -0.05) is 0 Å². The molecule has 0 heterocycles. The van der Waals surface area contributed by atoms with Gasteiger partial charge in [0.2, 0.25) is 0 Å². The van der Waals surface area contributed by atoms with Gasteiger partial charge in [0.05, 0.1) is 0 Å². The molecule has 0 atom stereocenters.